The van der Waals surface area contributed by atoms with E-state index in [9.17, 15) is 9.59 Å². The van der Waals surface area contributed by atoms with Crippen molar-refractivity contribution in [2.24, 2.45) is 0 Å². The van der Waals surface area contributed by atoms with Gasteiger partial charge in [-0.2, -0.15) is 0 Å². The molecule has 2 aromatic carbocycles. The Morgan fingerprint density at radius 3 is 2.59 bits per heavy atom. The van der Waals surface area contributed by atoms with E-state index < -0.39 is 0 Å². The number of nitrogens with one attached hydrogen (secondary N) is 1. The highest BCUT2D eigenvalue weighted by Gasteiger charge is 2.23. The maximum Gasteiger partial charge on any atom is 0.263 e. The zero-order valence-corrected chi connectivity index (χ0v) is 15.9. The lowest BCUT2D eigenvalue weighted by Gasteiger charge is -2.11. The summed E-state index contributed by atoms with van der Waals surface area (Å²) in [5.41, 5.74) is 1.68. The molecule has 1 aliphatic rings. The molecule has 0 unspecified atom stereocenters. The van der Waals surface area contributed by atoms with Gasteiger partial charge >= 0.3 is 0 Å². The molecule has 146 valence electrons. The SMILES string of the molecule is O=C(CCc1nnc2n(Cc3ccccc3)c(=O)c3ccccc3n12)NC1CC1. The van der Waals surface area contributed by atoms with Crippen LogP contribution in [0, 0.1) is 0 Å². The Morgan fingerprint density at radius 2 is 1.79 bits per heavy atom. The summed E-state index contributed by atoms with van der Waals surface area (Å²) in [6.07, 6.45) is 2.95. The number of benzene rings is 2. The number of para-hydroxylation sites is 1. The molecular formula is C22H21N5O2. The molecule has 0 bridgehead atoms. The van der Waals surface area contributed by atoms with Crippen molar-refractivity contribution in [2.45, 2.75) is 38.3 Å². The average Bonchev–Trinajstić information content (AvgIpc) is 3.46. The Morgan fingerprint density at radius 1 is 1.03 bits per heavy atom. The summed E-state index contributed by atoms with van der Waals surface area (Å²) >= 11 is 0. The fraction of sp³-hybridized carbons (Fsp3) is 0.273. The smallest absolute Gasteiger partial charge is 0.263 e. The highest BCUT2D eigenvalue weighted by Crippen LogP contribution is 2.19. The predicted molar refractivity (Wildman–Crippen MR) is 110 cm³/mol. The van der Waals surface area contributed by atoms with Gasteiger partial charge in [0.1, 0.15) is 5.82 Å². The first kappa shape index (κ1) is 17.6. The molecule has 2 aromatic heterocycles. The van der Waals surface area contributed by atoms with Crippen LogP contribution in [0.4, 0.5) is 0 Å². The Hall–Kier alpha value is -3.48. The van der Waals surface area contributed by atoms with Gasteiger partial charge in [-0.15, -0.1) is 10.2 Å². The van der Waals surface area contributed by atoms with Crippen molar-refractivity contribution in [3.05, 3.63) is 76.3 Å². The average molecular weight is 387 g/mol. The van der Waals surface area contributed by atoms with E-state index in [0.29, 0.717) is 42.4 Å². The second-order valence-electron chi connectivity index (χ2n) is 7.49. The molecule has 1 N–H and O–H groups in total. The molecule has 7 nitrogen and oxygen atoms in total. The number of hydrogen-bond acceptors (Lipinski definition) is 4. The number of carbonyl (C=O) groups excluding carboxylic acids is 1. The first-order chi connectivity index (χ1) is 14.2. The molecule has 1 aliphatic carbocycles. The summed E-state index contributed by atoms with van der Waals surface area (Å²) in [4.78, 5) is 25.3. The Kier molecular flexibility index (Phi) is 4.35. The minimum absolute atomic E-state index is 0.0335. The molecule has 0 saturated heterocycles. The van der Waals surface area contributed by atoms with Gasteiger partial charge in [0, 0.05) is 18.9 Å². The molecule has 7 heteroatoms. The van der Waals surface area contributed by atoms with Gasteiger partial charge in [0.05, 0.1) is 17.4 Å². The summed E-state index contributed by atoms with van der Waals surface area (Å²) in [6, 6.07) is 17.6. The number of rotatable bonds is 6. The molecule has 29 heavy (non-hydrogen) atoms. The normalized spacial score (nSPS) is 13.8. The summed E-state index contributed by atoms with van der Waals surface area (Å²) in [7, 11) is 0. The zero-order chi connectivity index (χ0) is 19.8. The molecule has 1 saturated carbocycles. The molecule has 0 spiro atoms. The molecule has 0 radical (unpaired) electrons. The van der Waals surface area contributed by atoms with Crippen molar-refractivity contribution < 1.29 is 4.79 Å². The topological polar surface area (TPSA) is 81.3 Å². The Balaban J connectivity index is 1.59. The molecular weight excluding hydrogens is 366 g/mol. The third-order valence-corrected chi connectivity index (χ3v) is 5.28. The molecule has 0 atom stereocenters. The standard InChI is InChI=1S/C22H21N5O2/c28-20(23-16-10-11-16)13-12-19-24-25-22-26(14-15-6-2-1-3-7-15)21(29)17-8-4-5-9-18(17)27(19)22/h1-9,16H,10-14H2,(H,23,28). The van der Waals surface area contributed by atoms with Crippen LogP contribution in [0.5, 0.6) is 0 Å². The lowest BCUT2D eigenvalue weighted by atomic mass is 10.2. The van der Waals surface area contributed by atoms with Crippen LogP contribution in [0.25, 0.3) is 16.7 Å². The van der Waals surface area contributed by atoms with E-state index in [1.165, 1.54) is 0 Å². The lowest BCUT2D eigenvalue weighted by Crippen LogP contribution is -2.26. The molecule has 5 rings (SSSR count). The fourth-order valence-corrected chi connectivity index (χ4v) is 3.64. The maximum atomic E-state index is 13.2. The number of nitrogens with zero attached hydrogens (tertiary/aromatic N) is 4. The second kappa shape index (κ2) is 7.16. The van der Waals surface area contributed by atoms with Crippen LogP contribution in [0.1, 0.15) is 30.7 Å². The number of carbonyl (C=O) groups is 1. The first-order valence-electron chi connectivity index (χ1n) is 9.89. The van der Waals surface area contributed by atoms with Crippen molar-refractivity contribution in [2.75, 3.05) is 0 Å². The van der Waals surface area contributed by atoms with Crippen molar-refractivity contribution in [1.29, 1.82) is 0 Å². The molecule has 4 aromatic rings. The van der Waals surface area contributed by atoms with Gasteiger partial charge in [0.15, 0.2) is 0 Å². The van der Waals surface area contributed by atoms with E-state index in [4.69, 9.17) is 0 Å². The molecule has 0 aliphatic heterocycles. The third kappa shape index (κ3) is 3.40. The van der Waals surface area contributed by atoms with Crippen molar-refractivity contribution >= 4 is 22.6 Å². The van der Waals surface area contributed by atoms with Crippen LogP contribution in [0.15, 0.2) is 59.4 Å². The van der Waals surface area contributed by atoms with E-state index in [1.807, 2.05) is 59.0 Å². The van der Waals surface area contributed by atoms with Gasteiger partial charge in [-0.1, -0.05) is 42.5 Å². The van der Waals surface area contributed by atoms with Crippen LogP contribution < -0.4 is 10.9 Å². The maximum absolute atomic E-state index is 13.2. The summed E-state index contributed by atoms with van der Waals surface area (Å²) in [5, 5.41) is 12.3. The zero-order valence-electron chi connectivity index (χ0n) is 15.9. The first-order valence-corrected chi connectivity index (χ1v) is 9.89. The van der Waals surface area contributed by atoms with Gasteiger partial charge in [0.2, 0.25) is 11.7 Å². The largest absolute Gasteiger partial charge is 0.353 e. The summed E-state index contributed by atoms with van der Waals surface area (Å²) in [5.74, 6) is 1.21. The number of amides is 1. The van der Waals surface area contributed by atoms with Crippen LogP contribution in [0.3, 0.4) is 0 Å². The number of aromatic nitrogens is 4. The number of fused-ring (bicyclic) bond motifs is 3. The molecule has 1 amide bonds. The van der Waals surface area contributed by atoms with Gasteiger partial charge in [-0.3, -0.25) is 18.6 Å². The van der Waals surface area contributed by atoms with Gasteiger partial charge in [-0.05, 0) is 30.5 Å². The van der Waals surface area contributed by atoms with E-state index >= 15 is 0 Å². The van der Waals surface area contributed by atoms with E-state index in [1.54, 1.807) is 4.57 Å². The second-order valence-corrected chi connectivity index (χ2v) is 7.49. The predicted octanol–water partition coefficient (Wildman–Crippen LogP) is 2.30. The van der Waals surface area contributed by atoms with E-state index in [-0.39, 0.29) is 11.5 Å². The van der Waals surface area contributed by atoms with Crippen LogP contribution in [-0.4, -0.2) is 31.1 Å². The number of hydrogen-bond donors (Lipinski definition) is 1. The van der Waals surface area contributed by atoms with Gasteiger partial charge in [0.25, 0.3) is 5.56 Å². The van der Waals surface area contributed by atoms with Crippen LogP contribution in [-0.2, 0) is 17.8 Å². The highest BCUT2D eigenvalue weighted by atomic mass is 16.1. The minimum Gasteiger partial charge on any atom is -0.353 e. The third-order valence-electron chi connectivity index (χ3n) is 5.28. The van der Waals surface area contributed by atoms with Crippen molar-refractivity contribution in [3.8, 4) is 0 Å². The van der Waals surface area contributed by atoms with E-state index in [0.717, 1.165) is 23.9 Å². The molecule has 1 fully saturated rings. The molecule has 2 heterocycles. The van der Waals surface area contributed by atoms with Crippen molar-refractivity contribution in [3.63, 3.8) is 0 Å². The monoisotopic (exact) mass is 387 g/mol. The van der Waals surface area contributed by atoms with Gasteiger partial charge in [-0.25, -0.2) is 0 Å². The van der Waals surface area contributed by atoms with Crippen LogP contribution in [0.2, 0.25) is 0 Å². The number of aryl methyl sites for hydroxylation is 1. The Labute approximate surface area is 167 Å². The summed E-state index contributed by atoms with van der Waals surface area (Å²) < 4.78 is 3.56. The minimum atomic E-state index is -0.0950. The fourth-order valence-electron chi connectivity index (χ4n) is 3.64. The highest BCUT2D eigenvalue weighted by molar-refractivity contribution is 5.80. The van der Waals surface area contributed by atoms with Crippen LogP contribution >= 0.6 is 0 Å². The van der Waals surface area contributed by atoms with Crippen molar-refractivity contribution in [1.82, 2.24) is 24.5 Å². The van der Waals surface area contributed by atoms with E-state index in [2.05, 4.69) is 15.5 Å². The Bertz CT molecular complexity index is 1250. The van der Waals surface area contributed by atoms with Gasteiger partial charge < -0.3 is 5.32 Å². The summed E-state index contributed by atoms with van der Waals surface area (Å²) in [6.45, 7) is 0.411. The lowest BCUT2D eigenvalue weighted by molar-refractivity contribution is -0.121. The quantitative estimate of drug-likeness (QED) is 0.550.